The summed E-state index contributed by atoms with van der Waals surface area (Å²) in [4.78, 5) is 0. The molecular weight excluding hydrogens is 290 g/mol. The molecule has 0 aromatic rings. The third kappa shape index (κ3) is 5.79. The van der Waals surface area contributed by atoms with Crippen LogP contribution in [0.2, 0.25) is 0 Å². The fourth-order valence-corrected chi connectivity index (χ4v) is 5.66. The van der Waals surface area contributed by atoms with E-state index < -0.39 is 0 Å². The molecule has 2 unspecified atom stereocenters. The van der Waals surface area contributed by atoms with E-state index in [1.807, 2.05) is 0 Å². The summed E-state index contributed by atoms with van der Waals surface area (Å²) in [6, 6.07) is 2.74. The van der Waals surface area contributed by atoms with Crippen molar-refractivity contribution in [3.63, 3.8) is 0 Å². The number of nitriles is 1. The Hall–Kier alpha value is -0.510. The van der Waals surface area contributed by atoms with Crippen LogP contribution in [0.4, 0.5) is 0 Å². The van der Waals surface area contributed by atoms with E-state index in [2.05, 4.69) is 19.9 Å². The molecule has 2 saturated carbocycles. The highest BCUT2D eigenvalue weighted by Crippen LogP contribution is 2.48. The molecule has 2 atom stereocenters. The second kappa shape index (κ2) is 10.5. The Morgan fingerprint density at radius 1 is 0.875 bits per heavy atom. The van der Waals surface area contributed by atoms with Crippen LogP contribution in [0.3, 0.4) is 0 Å². The van der Waals surface area contributed by atoms with Crippen LogP contribution < -0.4 is 0 Å². The lowest BCUT2D eigenvalue weighted by molar-refractivity contribution is 0.103. The molecule has 2 fully saturated rings. The fraction of sp³-hybridized carbons (Fsp3) is 0.957. The molecule has 2 aliphatic rings. The van der Waals surface area contributed by atoms with Crippen molar-refractivity contribution in [3.05, 3.63) is 0 Å². The largest absolute Gasteiger partial charge is 0.198 e. The number of hydrogen-bond acceptors (Lipinski definition) is 1. The lowest BCUT2D eigenvalue weighted by Crippen LogP contribution is -2.32. The summed E-state index contributed by atoms with van der Waals surface area (Å²) in [5.74, 6) is 2.81. The fourth-order valence-electron chi connectivity index (χ4n) is 5.66. The van der Waals surface area contributed by atoms with Crippen LogP contribution in [-0.2, 0) is 0 Å². The predicted molar refractivity (Wildman–Crippen MR) is 104 cm³/mol. The van der Waals surface area contributed by atoms with Crippen molar-refractivity contribution < 1.29 is 0 Å². The zero-order valence-electron chi connectivity index (χ0n) is 16.5. The second-order valence-corrected chi connectivity index (χ2v) is 8.98. The second-order valence-electron chi connectivity index (χ2n) is 8.98. The van der Waals surface area contributed by atoms with Gasteiger partial charge in [0.15, 0.2) is 0 Å². The average Bonchev–Trinajstić information content (AvgIpc) is 2.62. The first kappa shape index (κ1) is 19.8. The van der Waals surface area contributed by atoms with Crippen molar-refractivity contribution in [2.75, 3.05) is 0 Å². The maximum absolute atomic E-state index is 9.74. The lowest BCUT2D eigenvalue weighted by atomic mass is 9.62. The van der Waals surface area contributed by atoms with Crippen molar-refractivity contribution in [1.29, 1.82) is 5.26 Å². The van der Waals surface area contributed by atoms with E-state index >= 15 is 0 Å². The Morgan fingerprint density at radius 2 is 1.62 bits per heavy atom. The molecule has 0 aromatic carbocycles. The van der Waals surface area contributed by atoms with Crippen LogP contribution in [0, 0.1) is 34.5 Å². The highest BCUT2D eigenvalue weighted by Gasteiger charge is 2.39. The predicted octanol–water partition coefficient (Wildman–Crippen LogP) is 7.65. The van der Waals surface area contributed by atoms with Gasteiger partial charge in [-0.05, 0) is 49.9 Å². The van der Waals surface area contributed by atoms with Gasteiger partial charge in [-0.25, -0.2) is 0 Å². The highest BCUT2D eigenvalue weighted by atomic mass is 14.5. The molecular formula is C23H41N. The van der Waals surface area contributed by atoms with Gasteiger partial charge in [0, 0.05) is 0 Å². The van der Waals surface area contributed by atoms with Gasteiger partial charge < -0.3 is 0 Å². The minimum Gasteiger partial charge on any atom is -0.198 e. The van der Waals surface area contributed by atoms with E-state index in [0.29, 0.717) is 0 Å². The standard InChI is InChI=1S/C23H41N/c1-3-5-6-7-8-10-20-12-14-21(15-13-20)22-11-9-17-23(18-22,19-24)16-4-2/h20-22H,3-18H2,1-2H3. The molecule has 24 heavy (non-hydrogen) atoms. The van der Waals surface area contributed by atoms with Crippen LogP contribution in [-0.4, -0.2) is 0 Å². The summed E-state index contributed by atoms with van der Waals surface area (Å²) < 4.78 is 0. The van der Waals surface area contributed by atoms with Gasteiger partial charge in [0.05, 0.1) is 11.5 Å². The van der Waals surface area contributed by atoms with Crippen LogP contribution in [0.25, 0.3) is 0 Å². The maximum atomic E-state index is 9.74. The molecule has 2 aliphatic carbocycles. The van der Waals surface area contributed by atoms with Crippen LogP contribution in [0.15, 0.2) is 0 Å². The number of unbranched alkanes of at least 4 members (excludes halogenated alkanes) is 4. The first-order chi connectivity index (χ1) is 11.7. The summed E-state index contributed by atoms with van der Waals surface area (Å²) in [6.45, 7) is 4.54. The summed E-state index contributed by atoms with van der Waals surface area (Å²) in [5, 5.41) is 9.74. The van der Waals surface area contributed by atoms with Crippen molar-refractivity contribution in [3.8, 4) is 6.07 Å². The number of rotatable bonds is 9. The molecule has 0 aromatic heterocycles. The molecule has 0 heterocycles. The SMILES string of the molecule is CCCCCCCC1CCC(C2CCCC(C#N)(CCC)C2)CC1. The molecule has 1 heteroatoms. The third-order valence-electron chi connectivity index (χ3n) is 7.12. The van der Waals surface area contributed by atoms with Gasteiger partial charge in [-0.15, -0.1) is 0 Å². The molecule has 0 amide bonds. The van der Waals surface area contributed by atoms with Gasteiger partial charge in [0.1, 0.15) is 0 Å². The molecule has 0 bridgehead atoms. The van der Waals surface area contributed by atoms with Gasteiger partial charge in [-0.1, -0.05) is 84.5 Å². The van der Waals surface area contributed by atoms with E-state index in [4.69, 9.17) is 0 Å². The molecule has 0 N–H and O–H groups in total. The summed E-state index contributed by atoms with van der Waals surface area (Å²) >= 11 is 0. The van der Waals surface area contributed by atoms with Crippen molar-refractivity contribution in [2.24, 2.45) is 23.2 Å². The zero-order valence-corrected chi connectivity index (χ0v) is 16.5. The van der Waals surface area contributed by atoms with Gasteiger partial charge in [0.25, 0.3) is 0 Å². The molecule has 0 saturated heterocycles. The number of nitrogens with zero attached hydrogens (tertiary/aromatic N) is 1. The van der Waals surface area contributed by atoms with Gasteiger partial charge in [-0.3, -0.25) is 0 Å². The Balaban J connectivity index is 1.71. The highest BCUT2D eigenvalue weighted by molar-refractivity contribution is 5.02. The molecule has 2 rings (SSSR count). The van der Waals surface area contributed by atoms with Crippen molar-refractivity contribution >= 4 is 0 Å². The van der Waals surface area contributed by atoms with Crippen molar-refractivity contribution in [1.82, 2.24) is 0 Å². The molecule has 0 aliphatic heterocycles. The first-order valence-corrected chi connectivity index (χ1v) is 11.1. The Labute approximate surface area is 151 Å². The quantitative estimate of drug-likeness (QED) is 0.398. The van der Waals surface area contributed by atoms with Crippen LogP contribution >= 0.6 is 0 Å². The smallest absolute Gasteiger partial charge is 0.0689 e. The monoisotopic (exact) mass is 331 g/mol. The van der Waals surface area contributed by atoms with Crippen molar-refractivity contribution in [2.45, 2.75) is 117 Å². The topological polar surface area (TPSA) is 23.8 Å². The van der Waals surface area contributed by atoms with Crippen LogP contribution in [0.5, 0.6) is 0 Å². The Morgan fingerprint density at radius 3 is 2.29 bits per heavy atom. The van der Waals surface area contributed by atoms with Crippen LogP contribution in [0.1, 0.15) is 117 Å². The Kier molecular flexibility index (Phi) is 8.65. The van der Waals surface area contributed by atoms with E-state index in [9.17, 15) is 5.26 Å². The Bertz CT molecular complexity index is 370. The minimum absolute atomic E-state index is 0.0355. The zero-order chi connectivity index (χ0) is 17.3. The lowest BCUT2D eigenvalue weighted by Gasteiger charge is -2.41. The minimum atomic E-state index is 0.0355. The van der Waals surface area contributed by atoms with E-state index in [1.165, 1.54) is 96.3 Å². The maximum Gasteiger partial charge on any atom is 0.0689 e. The normalized spacial score (nSPS) is 34.0. The summed E-state index contributed by atoms with van der Waals surface area (Å²) in [5.41, 5.74) is 0.0355. The average molecular weight is 332 g/mol. The summed E-state index contributed by atoms with van der Waals surface area (Å²) in [7, 11) is 0. The van der Waals surface area contributed by atoms with Gasteiger partial charge >= 0.3 is 0 Å². The van der Waals surface area contributed by atoms with Gasteiger partial charge in [0.2, 0.25) is 0 Å². The molecule has 0 spiro atoms. The molecule has 0 radical (unpaired) electrons. The first-order valence-electron chi connectivity index (χ1n) is 11.1. The van der Waals surface area contributed by atoms with E-state index in [1.54, 1.807) is 0 Å². The molecule has 138 valence electrons. The third-order valence-corrected chi connectivity index (χ3v) is 7.12. The molecule has 1 nitrogen and oxygen atoms in total. The van der Waals surface area contributed by atoms with E-state index in [0.717, 1.165) is 24.2 Å². The van der Waals surface area contributed by atoms with E-state index in [-0.39, 0.29) is 5.41 Å². The van der Waals surface area contributed by atoms with Gasteiger partial charge in [-0.2, -0.15) is 5.26 Å². The summed E-state index contributed by atoms with van der Waals surface area (Å²) in [6.07, 6.45) is 21.9. The number of hydrogen-bond donors (Lipinski definition) is 0.